The Balaban J connectivity index is 1.74. The molecule has 0 amide bonds. The fourth-order valence-corrected chi connectivity index (χ4v) is 2.49. The molecule has 142 valence electrons. The van der Waals surface area contributed by atoms with Crippen LogP contribution in [-0.2, 0) is 11.2 Å². The number of nitrogens with zero attached hydrogens (tertiary/aromatic N) is 1. The predicted molar refractivity (Wildman–Crippen MR) is 98.4 cm³/mol. The Bertz CT molecular complexity index is 1040. The van der Waals surface area contributed by atoms with Gasteiger partial charge in [0.15, 0.2) is 5.76 Å². The van der Waals surface area contributed by atoms with Crippen LogP contribution in [0.3, 0.4) is 0 Å². The van der Waals surface area contributed by atoms with Crippen molar-refractivity contribution < 1.29 is 28.2 Å². The highest BCUT2D eigenvalue weighted by Gasteiger charge is 2.14. The average molecular weight is 381 g/mol. The minimum absolute atomic E-state index is 0.0350. The molecule has 0 bridgehead atoms. The number of benzene rings is 1. The highest BCUT2D eigenvalue weighted by molar-refractivity contribution is 6.06. The van der Waals surface area contributed by atoms with Gasteiger partial charge in [0.25, 0.3) is 0 Å². The molecule has 3 rings (SSSR count). The Labute approximate surface area is 159 Å². The normalized spacial score (nSPS) is 11.3. The third kappa shape index (κ3) is 4.50. The lowest BCUT2D eigenvalue weighted by atomic mass is 10.1. The minimum atomic E-state index is -0.584. The molecule has 1 N–H and O–H groups in total. The van der Waals surface area contributed by atoms with Crippen molar-refractivity contribution in [1.29, 1.82) is 0 Å². The summed E-state index contributed by atoms with van der Waals surface area (Å²) in [5, 5.41) is 10.1. The van der Waals surface area contributed by atoms with Crippen LogP contribution < -0.4 is 0 Å². The van der Waals surface area contributed by atoms with Crippen LogP contribution in [0.5, 0.6) is 0 Å². The Morgan fingerprint density at radius 2 is 1.93 bits per heavy atom. The number of ether oxygens (including phenoxy) is 1. The van der Waals surface area contributed by atoms with Gasteiger partial charge in [-0.2, -0.15) is 0 Å². The molecule has 1 aromatic carbocycles. The number of hydrogen-bond donors (Lipinski definition) is 1. The summed E-state index contributed by atoms with van der Waals surface area (Å²) in [4.78, 5) is 27.8. The van der Waals surface area contributed by atoms with E-state index in [0.717, 1.165) is 11.6 Å². The van der Waals surface area contributed by atoms with E-state index >= 15 is 0 Å². The maximum Gasteiger partial charge on any atom is 0.337 e. The van der Waals surface area contributed by atoms with E-state index in [0.29, 0.717) is 12.2 Å². The summed E-state index contributed by atoms with van der Waals surface area (Å²) in [6.45, 7) is 0. The van der Waals surface area contributed by atoms with Gasteiger partial charge in [-0.25, -0.2) is 9.18 Å². The maximum absolute atomic E-state index is 13.0. The summed E-state index contributed by atoms with van der Waals surface area (Å²) in [5.74, 6) is -1.33. The van der Waals surface area contributed by atoms with E-state index in [4.69, 9.17) is 4.42 Å². The van der Waals surface area contributed by atoms with Crippen molar-refractivity contribution in [3.63, 3.8) is 0 Å². The zero-order valence-corrected chi connectivity index (χ0v) is 14.9. The molecule has 0 spiro atoms. The Morgan fingerprint density at radius 3 is 2.64 bits per heavy atom. The number of carbonyl (C=O) groups is 2. The molecule has 0 saturated carbocycles. The zero-order valence-electron chi connectivity index (χ0n) is 14.9. The summed E-state index contributed by atoms with van der Waals surface area (Å²) in [6, 6.07) is 11.8. The van der Waals surface area contributed by atoms with E-state index in [9.17, 15) is 19.1 Å². The van der Waals surface area contributed by atoms with Gasteiger partial charge in [0, 0.05) is 18.7 Å². The molecule has 7 heteroatoms. The molecule has 2 heterocycles. The van der Waals surface area contributed by atoms with Crippen molar-refractivity contribution in [3.8, 4) is 0 Å². The first-order chi connectivity index (χ1) is 13.5. The van der Waals surface area contributed by atoms with Gasteiger partial charge in [-0.15, -0.1) is 0 Å². The topological polar surface area (TPSA) is 89.6 Å². The van der Waals surface area contributed by atoms with Gasteiger partial charge in [0.05, 0.1) is 12.7 Å². The lowest BCUT2D eigenvalue weighted by Gasteiger charge is -2.02. The largest absolute Gasteiger partial charge is 0.506 e. The van der Waals surface area contributed by atoms with Crippen LogP contribution in [0.15, 0.2) is 65.2 Å². The van der Waals surface area contributed by atoms with Gasteiger partial charge >= 0.3 is 5.97 Å². The van der Waals surface area contributed by atoms with E-state index in [1.807, 2.05) is 0 Å². The molecule has 0 aliphatic heterocycles. The second kappa shape index (κ2) is 8.30. The van der Waals surface area contributed by atoms with E-state index in [1.54, 1.807) is 18.2 Å². The number of furan rings is 1. The summed E-state index contributed by atoms with van der Waals surface area (Å²) >= 11 is 0. The van der Waals surface area contributed by atoms with Crippen LogP contribution in [0.25, 0.3) is 5.76 Å². The molecule has 0 unspecified atom stereocenters. The molecule has 0 saturated heterocycles. The van der Waals surface area contributed by atoms with Gasteiger partial charge < -0.3 is 14.3 Å². The maximum atomic E-state index is 13.0. The summed E-state index contributed by atoms with van der Waals surface area (Å²) in [6.07, 6.45) is 2.68. The number of aromatic nitrogens is 1. The molecule has 0 radical (unpaired) electrons. The number of carbonyl (C=O) groups excluding carboxylic acids is 2. The number of hydrogen-bond acceptors (Lipinski definition) is 6. The van der Waals surface area contributed by atoms with Crippen molar-refractivity contribution in [3.05, 3.63) is 95.0 Å². The zero-order chi connectivity index (χ0) is 20.1. The van der Waals surface area contributed by atoms with Crippen LogP contribution in [-0.4, -0.2) is 29.0 Å². The summed E-state index contributed by atoms with van der Waals surface area (Å²) in [5.41, 5.74) is 1.07. The molecule has 28 heavy (non-hydrogen) atoms. The van der Waals surface area contributed by atoms with Crippen molar-refractivity contribution in [1.82, 2.24) is 4.98 Å². The van der Waals surface area contributed by atoms with Crippen molar-refractivity contribution in [2.45, 2.75) is 6.42 Å². The van der Waals surface area contributed by atoms with Crippen LogP contribution >= 0.6 is 0 Å². The monoisotopic (exact) mass is 381 g/mol. The van der Waals surface area contributed by atoms with Gasteiger partial charge in [0.1, 0.15) is 23.0 Å². The standard InChI is InChI=1S/C21H16FNO5/c1-27-21(26)14-8-9-23-17(11-14)18(24)12-19(25)20-7-6-16(28-20)10-13-2-4-15(22)5-3-13/h2-9,11-12,24H,10H2,1H3. The van der Waals surface area contributed by atoms with Gasteiger partial charge in [-0.1, -0.05) is 12.1 Å². The third-order valence-corrected chi connectivity index (χ3v) is 3.91. The number of aliphatic hydroxyl groups excluding tert-OH is 1. The summed E-state index contributed by atoms with van der Waals surface area (Å²) in [7, 11) is 1.24. The van der Waals surface area contributed by atoms with Crippen molar-refractivity contribution in [2.75, 3.05) is 7.11 Å². The molecular formula is C21H16FNO5. The van der Waals surface area contributed by atoms with E-state index in [2.05, 4.69) is 9.72 Å². The summed E-state index contributed by atoms with van der Waals surface area (Å²) < 4.78 is 23.1. The highest BCUT2D eigenvalue weighted by atomic mass is 19.1. The molecule has 0 aliphatic rings. The number of ketones is 1. The fraction of sp³-hybridized carbons (Fsp3) is 0.0952. The van der Waals surface area contributed by atoms with E-state index < -0.39 is 17.5 Å². The Morgan fingerprint density at radius 1 is 1.18 bits per heavy atom. The Hall–Kier alpha value is -3.74. The second-order valence-corrected chi connectivity index (χ2v) is 5.88. The molecule has 0 fully saturated rings. The van der Waals surface area contributed by atoms with E-state index in [1.165, 1.54) is 43.6 Å². The first-order valence-corrected chi connectivity index (χ1v) is 8.29. The molecular weight excluding hydrogens is 365 g/mol. The first kappa shape index (κ1) is 19.0. The number of pyridine rings is 1. The number of allylic oxidation sites excluding steroid dienone is 1. The molecule has 0 atom stereocenters. The van der Waals surface area contributed by atoms with Crippen LogP contribution in [0.1, 0.15) is 37.9 Å². The number of rotatable bonds is 6. The van der Waals surface area contributed by atoms with Crippen LogP contribution in [0, 0.1) is 5.82 Å². The fourth-order valence-electron chi connectivity index (χ4n) is 2.49. The number of esters is 1. The molecule has 0 aliphatic carbocycles. The molecule has 2 aromatic heterocycles. The third-order valence-electron chi connectivity index (χ3n) is 3.91. The molecule has 3 aromatic rings. The molecule has 6 nitrogen and oxygen atoms in total. The lowest BCUT2D eigenvalue weighted by Crippen LogP contribution is -2.03. The highest BCUT2D eigenvalue weighted by Crippen LogP contribution is 2.17. The van der Waals surface area contributed by atoms with Gasteiger partial charge in [0.2, 0.25) is 5.78 Å². The average Bonchev–Trinajstić information content (AvgIpc) is 3.18. The van der Waals surface area contributed by atoms with Crippen molar-refractivity contribution in [2.24, 2.45) is 0 Å². The number of aliphatic hydroxyl groups is 1. The smallest absolute Gasteiger partial charge is 0.337 e. The SMILES string of the molecule is COC(=O)c1ccnc(C(O)=CC(=O)c2ccc(Cc3ccc(F)cc3)o2)c1. The van der Waals surface area contributed by atoms with Crippen LogP contribution in [0.2, 0.25) is 0 Å². The predicted octanol–water partition coefficient (Wildman–Crippen LogP) is 3.97. The quantitative estimate of drug-likeness (QED) is 0.301. The number of halogens is 1. The minimum Gasteiger partial charge on any atom is -0.506 e. The van der Waals surface area contributed by atoms with Gasteiger partial charge in [-0.05, 0) is 42.0 Å². The van der Waals surface area contributed by atoms with Crippen LogP contribution in [0.4, 0.5) is 4.39 Å². The first-order valence-electron chi connectivity index (χ1n) is 8.29. The number of methoxy groups -OCH3 is 1. The lowest BCUT2D eigenvalue weighted by molar-refractivity contribution is 0.0600. The van der Waals surface area contributed by atoms with Gasteiger partial charge in [-0.3, -0.25) is 9.78 Å². The van der Waals surface area contributed by atoms with Crippen molar-refractivity contribution >= 4 is 17.5 Å². The Kier molecular flexibility index (Phi) is 5.64. The second-order valence-electron chi connectivity index (χ2n) is 5.88. The van der Waals surface area contributed by atoms with E-state index in [-0.39, 0.29) is 22.8 Å².